The minimum atomic E-state index is -0.560. The molecule has 1 atom stereocenters. The number of nitrogens with zero attached hydrogens (tertiary/aromatic N) is 1. The maximum atomic E-state index is 12.1. The summed E-state index contributed by atoms with van der Waals surface area (Å²) in [5.41, 5.74) is 8.17. The summed E-state index contributed by atoms with van der Waals surface area (Å²) in [6.07, 6.45) is 6.59. The van der Waals surface area contributed by atoms with Crippen LogP contribution in [0.2, 0.25) is 0 Å². The van der Waals surface area contributed by atoms with Crippen LogP contribution < -0.4 is 5.73 Å². The number of primary amides is 1. The number of rotatable bonds is 5. The van der Waals surface area contributed by atoms with Gasteiger partial charge < -0.3 is 15.0 Å². The molecule has 2 rings (SSSR count). The number of ether oxygens (including phenoxy) is 1. The lowest BCUT2D eigenvalue weighted by molar-refractivity contribution is 0.0524. The number of allylic oxidation sites excluding steroid dienone is 2. The van der Waals surface area contributed by atoms with E-state index in [4.69, 9.17) is 10.5 Å². The van der Waals surface area contributed by atoms with E-state index in [0.29, 0.717) is 23.8 Å². The number of esters is 1. The van der Waals surface area contributed by atoms with Crippen LogP contribution in [0, 0.1) is 5.92 Å². The molecule has 1 heterocycles. The van der Waals surface area contributed by atoms with Crippen LogP contribution in [0.4, 0.5) is 0 Å². The summed E-state index contributed by atoms with van der Waals surface area (Å²) >= 11 is 0. The van der Waals surface area contributed by atoms with Gasteiger partial charge in [-0.2, -0.15) is 0 Å². The maximum absolute atomic E-state index is 12.1. The molecule has 0 saturated carbocycles. The van der Waals surface area contributed by atoms with Crippen LogP contribution in [0.5, 0.6) is 0 Å². The van der Waals surface area contributed by atoms with Gasteiger partial charge in [-0.1, -0.05) is 18.2 Å². The molecule has 5 nitrogen and oxygen atoms in total. The number of carbonyl (C=O) groups excluding carboxylic acids is 2. The fourth-order valence-corrected chi connectivity index (χ4v) is 2.60. The van der Waals surface area contributed by atoms with Crippen molar-refractivity contribution in [1.82, 2.24) is 4.57 Å². The monoisotopic (exact) mass is 302 g/mol. The average Bonchev–Trinajstić information content (AvgIpc) is 2.87. The molecule has 0 aliphatic heterocycles. The molecular weight excluding hydrogens is 280 g/mol. The van der Waals surface area contributed by atoms with Gasteiger partial charge in [0.15, 0.2) is 0 Å². The van der Waals surface area contributed by atoms with Gasteiger partial charge in [0.1, 0.15) is 12.3 Å². The first-order valence-electron chi connectivity index (χ1n) is 7.35. The van der Waals surface area contributed by atoms with Gasteiger partial charge in [0.2, 0.25) is 5.91 Å². The van der Waals surface area contributed by atoms with E-state index >= 15 is 0 Å². The van der Waals surface area contributed by atoms with Gasteiger partial charge >= 0.3 is 5.97 Å². The Morgan fingerprint density at radius 1 is 1.50 bits per heavy atom. The van der Waals surface area contributed by atoms with E-state index in [0.717, 1.165) is 24.8 Å². The van der Waals surface area contributed by atoms with Crippen LogP contribution in [0.3, 0.4) is 0 Å². The third-order valence-electron chi connectivity index (χ3n) is 4.09. The number of carbonyl (C=O) groups is 2. The Kier molecular flexibility index (Phi) is 4.85. The number of aromatic nitrogens is 1. The van der Waals surface area contributed by atoms with Crippen molar-refractivity contribution in [3.8, 4) is 0 Å². The van der Waals surface area contributed by atoms with E-state index in [-0.39, 0.29) is 0 Å². The van der Waals surface area contributed by atoms with Gasteiger partial charge in [0.25, 0.3) is 0 Å². The Bertz CT molecular complexity index is 640. The predicted molar refractivity (Wildman–Crippen MR) is 84.5 cm³/mol. The van der Waals surface area contributed by atoms with E-state index < -0.39 is 11.9 Å². The van der Waals surface area contributed by atoms with E-state index in [1.807, 2.05) is 0 Å². The largest absolute Gasteiger partial charge is 0.456 e. The van der Waals surface area contributed by atoms with Crippen molar-refractivity contribution in [3.05, 3.63) is 47.3 Å². The fourth-order valence-electron chi connectivity index (χ4n) is 2.60. The molecule has 0 aromatic carbocycles. The molecule has 0 radical (unpaired) electrons. The minimum absolute atomic E-state index is 0.291. The zero-order chi connectivity index (χ0) is 16.3. The summed E-state index contributed by atoms with van der Waals surface area (Å²) in [4.78, 5) is 23.2. The van der Waals surface area contributed by atoms with Crippen LogP contribution in [0.15, 0.2) is 36.1 Å². The highest BCUT2D eigenvalue weighted by Gasteiger charge is 2.18. The van der Waals surface area contributed by atoms with Gasteiger partial charge in [-0.25, -0.2) is 4.79 Å². The zero-order valence-electron chi connectivity index (χ0n) is 13.1. The summed E-state index contributed by atoms with van der Waals surface area (Å²) in [6.45, 7) is 6.33. The molecule has 1 aliphatic carbocycles. The SMILES string of the molecule is C=C(C)C1CC=C(COC(=O)c2cc(C(N)=O)cn2C)CC1. The highest BCUT2D eigenvalue weighted by Crippen LogP contribution is 2.28. The lowest BCUT2D eigenvalue weighted by Crippen LogP contribution is -2.14. The molecule has 1 aliphatic rings. The highest BCUT2D eigenvalue weighted by molar-refractivity contribution is 5.96. The Morgan fingerprint density at radius 2 is 2.23 bits per heavy atom. The molecule has 0 bridgehead atoms. The van der Waals surface area contributed by atoms with Crippen LogP contribution in [0.1, 0.15) is 47.0 Å². The van der Waals surface area contributed by atoms with Crippen molar-refractivity contribution >= 4 is 11.9 Å². The Labute approximate surface area is 130 Å². The van der Waals surface area contributed by atoms with Crippen molar-refractivity contribution in [2.45, 2.75) is 26.2 Å². The molecule has 22 heavy (non-hydrogen) atoms. The number of nitrogens with two attached hydrogens (primary N) is 1. The van der Waals surface area contributed by atoms with E-state index in [1.54, 1.807) is 11.6 Å². The van der Waals surface area contributed by atoms with E-state index in [1.165, 1.54) is 17.8 Å². The van der Waals surface area contributed by atoms with E-state index in [9.17, 15) is 9.59 Å². The third kappa shape index (κ3) is 3.67. The quantitative estimate of drug-likeness (QED) is 0.671. The van der Waals surface area contributed by atoms with Gasteiger partial charge in [-0.3, -0.25) is 4.79 Å². The molecule has 5 heteroatoms. The van der Waals surface area contributed by atoms with E-state index in [2.05, 4.69) is 19.6 Å². The van der Waals surface area contributed by atoms with Crippen LogP contribution in [-0.2, 0) is 11.8 Å². The van der Waals surface area contributed by atoms with Crippen molar-refractivity contribution in [1.29, 1.82) is 0 Å². The first kappa shape index (κ1) is 16.1. The fraction of sp³-hybridized carbons (Fsp3) is 0.412. The van der Waals surface area contributed by atoms with Crippen LogP contribution in [-0.4, -0.2) is 23.1 Å². The second-order valence-corrected chi connectivity index (χ2v) is 5.85. The molecule has 0 spiro atoms. The summed E-state index contributed by atoms with van der Waals surface area (Å²) in [7, 11) is 1.68. The number of amides is 1. The van der Waals surface area contributed by atoms with Gasteiger partial charge in [-0.15, -0.1) is 0 Å². The first-order chi connectivity index (χ1) is 10.4. The third-order valence-corrected chi connectivity index (χ3v) is 4.09. The van der Waals surface area contributed by atoms with Gasteiger partial charge in [-0.05, 0) is 43.7 Å². The lowest BCUT2D eigenvalue weighted by Gasteiger charge is -2.22. The highest BCUT2D eigenvalue weighted by atomic mass is 16.5. The average molecular weight is 302 g/mol. The molecular formula is C17H22N2O3. The van der Waals surface area contributed by atoms with Crippen molar-refractivity contribution < 1.29 is 14.3 Å². The summed E-state index contributed by atoms with van der Waals surface area (Å²) < 4.78 is 6.88. The molecule has 2 N–H and O–H groups in total. The molecule has 0 saturated heterocycles. The Balaban J connectivity index is 1.94. The first-order valence-corrected chi connectivity index (χ1v) is 7.35. The van der Waals surface area contributed by atoms with Crippen LogP contribution in [0.25, 0.3) is 0 Å². The normalized spacial score (nSPS) is 17.7. The van der Waals surface area contributed by atoms with Gasteiger partial charge in [0, 0.05) is 13.2 Å². The Hall–Kier alpha value is -2.30. The number of hydrogen-bond acceptors (Lipinski definition) is 3. The van der Waals surface area contributed by atoms with Crippen molar-refractivity contribution in [2.75, 3.05) is 6.61 Å². The number of aryl methyl sites for hydroxylation is 1. The smallest absolute Gasteiger partial charge is 0.355 e. The minimum Gasteiger partial charge on any atom is -0.456 e. The predicted octanol–water partition coefficient (Wildman–Crippen LogP) is 2.58. The zero-order valence-corrected chi connectivity index (χ0v) is 13.1. The molecule has 1 unspecified atom stereocenters. The maximum Gasteiger partial charge on any atom is 0.355 e. The summed E-state index contributed by atoms with van der Waals surface area (Å²) in [5, 5.41) is 0. The number of hydrogen-bond donors (Lipinski definition) is 1. The molecule has 1 aromatic heterocycles. The lowest BCUT2D eigenvalue weighted by atomic mass is 9.86. The molecule has 1 amide bonds. The van der Waals surface area contributed by atoms with Crippen molar-refractivity contribution in [2.24, 2.45) is 18.7 Å². The standard InChI is InChI=1S/C17H22N2O3/c1-11(2)13-6-4-12(5-7-13)10-22-17(21)15-8-14(16(18)20)9-19(15)3/h4,8-9,13H,1,5-7,10H2,2-3H3,(H2,18,20). The van der Waals surface area contributed by atoms with Crippen molar-refractivity contribution in [3.63, 3.8) is 0 Å². The summed E-state index contributed by atoms with van der Waals surface area (Å²) in [5.74, 6) is -0.473. The molecule has 118 valence electrons. The summed E-state index contributed by atoms with van der Waals surface area (Å²) in [6, 6.07) is 1.46. The molecule has 0 fully saturated rings. The topological polar surface area (TPSA) is 74.3 Å². The second-order valence-electron chi connectivity index (χ2n) is 5.85. The Morgan fingerprint density at radius 3 is 2.73 bits per heavy atom. The second kappa shape index (κ2) is 6.64. The van der Waals surface area contributed by atoms with Gasteiger partial charge in [0.05, 0.1) is 5.56 Å². The van der Waals surface area contributed by atoms with Crippen LogP contribution >= 0.6 is 0 Å². The molecule has 1 aromatic rings.